The van der Waals surface area contributed by atoms with E-state index >= 15 is 0 Å². The van der Waals surface area contributed by atoms with Crippen LogP contribution in [-0.2, 0) is 13.1 Å². The van der Waals surface area contributed by atoms with E-state index in [9.17, 15) is 0 Å². The summed E-state index contributed by atoms with van der Waals surface area (Å²) in [6.45, 7) is 1.19. The van der Waals surface area contributed by atoms with E-state index in [1.165, 1.54) is 4.90 Å². The van der Waals surface area contributed by atoms with Gasteiger partial charge in [0.15, 0.2) is 0 Å². The second kappa shape index (κ2) is 6.42. The molecule has 0 aliphatic carbocycles. The number of hydrogen-bond donors (Lipinski definition) is 2. The lowest BCUT2D eigenvalue weighted by Gasteiger charge is -2.04. The third kappa shape index (κ3) is 3.48. The second-order valence-electron chi connectivity index (χ2n) is 3.78. The van der Waals surface area contributed by atoms with Crippen LogP contribution < -0.4 is 5.32 Å². The molecule has 0 amide bonds. The molecular formula is C12H16N4OS. The fourth-order valence-corrected chi connectivity index (χ4v) is 1.94. The molecule has 0 aliphatic rings. The first-order valence-corrected chi connectivity index (χ1v) is 6.92. The Balaban J connectivity index is 1.89. The van der Waals surface area contributed by atoms with Crippen molar-refractivity contribution in [2.45, 2.75) is 18.0 Å². The third-order valence-corrected chi connectivity index (χ3v) is 3.22. The molecule has 0 fully saturated rings. The molecule has 2 rings (SSSR count). The summed E-state index contributed by atoms with van der Waals surface area (Å²) in [5.41, 5.74) is 1.92. The Morgan fingerprint density at radius 1 is 1.33 bits per heavy atom. The summed E-state index contributed by atoms with van der Waals surface area (Å²) in [6.07, 6.45) is 3.89. The monoisotopic (exact) mass is 264 g/mol. The summed E-state index contributed by atoms with van der Waals surface area (Å²) in [5.74, 6) is 0. The zero-order valence-corrected chi connectivity index (χ0v) is 11.0. The van der Waals surface area contributed by atoms with Crippen molar-refractivity contribution < 1.29 is 5.11 Å². The van der Waals surface area contributed by atoms with Crippen LogP contribution in [0.2, 0.25) is 0 Å². The van der Waals surface area contributed by atoms with Crippen LogP contribution >= 0.6 is 11.8 Å². The van der Waals surface area contributed by atoms with Gasteiger partial charge < -0.3 is 10.4 Å². The van der Waals surface area contributed by atoms with Crippen LogP contribution in [0.3, 0.4) is 0 Å². The van der Waals surface area contributed by atoms with Gasteiger partial charge in [-0.15, -0.1) is 16.9 Å². The lowest BCUT2D eigenvalue weighted by molar-refractivity contribution is 0.268. The second-order valence-corrected chi connectivity index (χ2v) is 4.66. The highest BCUT2D eigenvalue weighted by Gasteiger charge is 2.00. The standard InChI is InChI=1S/C12H16N4OS/c1-18-12-4-2-10(3-5-12)13-8-11-9-16(6-7-17)15-14-11/h2-5,9,13,17H,6-8H2,1H3. The van der Waals surface area contributed by atoms with E-state index in [0.29, 0.717) is 13.1 Å². The average molecular weight is 264 g/mol. The fraction of sp³-hybridized carbons (Fsp3) is 0.333. The van der Waals surface area contributed by atoms with Crippen molar-refractivity contribution in [3.05, 3.63) is 36.2 Å². The highest BCUT2D eigenvalue weighted by atomic mass is 32.2. The van der Waals surface area contributed by atoms with Crippen molar-refractivity contribution in [2.24, 2.45) is 0 Å². The highest BCUT2D eigenvalue weighted by molar-refractivity contribution is 7.98. The fourth-order valence-electron chi connectivity index (χ4n) is 1.53. The number of thioether (sulfide) groups is 1. The number of hydrogen-bond acceptors (Lipinski definition) is 5. The van der Waals surface area contributed by atoms with Gasteiger partial charge in [-0.25, -0.2) is 4.68 Å². The van der Waals surface area contributed by atoms with Crippen LogP contribution in [0, 0.1) is 0 Å². The molecule has 6 heteroatoms. The van der Waals surface area contributed by atoms with Gasteiger partial charge in [0.2, 0.25) is 0 Å². The van der Waals surface area contributed by atoms with Gasteiger partial charge in [0.25, 0.3) is 0 Å². The summed E-state index contributed by atoms with van der Waals surface area (Å²) in [7, 11) is 0. The topological polar surface area (TPSA) is 63.0 Å². The Kier molecular flexibility index (Phi) is 4.60. The molecular weight excluding hydrogens is 248 g/mol. The summed E-state index contributed by atoms with van der Waals surface area (Å²) in [5, 5.41) is 20.0. The molecule has 0 aliphatic heterocycles. The zero-order chi connectivity index (χ0) is 12.8. The molecule has 0 atom stereocenters. The van der Waals surface area contributed by atoms with Crippen LogP contribution in [-0.4, -0.2) is 33.0 Å². The molecule has 96 valence electrons. The SMILES string of the molecule is CSc1ccc(NCc2cn(CCO)nn2)cc1. The predicted octanol–water partition coefficient (Wildman–Crippen LogP) is 1.60. The first kappa shape index (κ1) is 12.9. The van der Waals surface area contributed by atoms with Gasteiger partial charge in [-0.1, -0.05) is 5.21 Å². The van der Waals surface area contributed by atoms with E-state index < -0.39 is 0 Å². The van der Waals surface area contributed by atoms with Gasteiger partial charge in [0.05, 0.1) is 25.9 Å². The first-order chi connectivity index (χ1) is 8.81. The molecule has 18 heavy (non-hydrogen) atoms. The van der Waals surface area contributed by atoms with Gasteiger partial charge in [0.1, 0.15) is 5.69 Å². The van der Waals surface area contributed by atoms with Crippen LogP contribution in [0.5, 0.6) is 0 Å². The zero-order valence-electron chi connectivity index (χ0n) is 10.2. The summed E-state index contributed by atoms with van der Waals surface area (Å²) in [6, 6.07) is 8.25. The number of nitrogens with zero attached hydrogens (tertiary/aromatic N) is 3. The number of aromatic nitrogens is 3. The smallest absolute Gasteiger partial charge is 0.102 e. The molecule has 0 unspecified atom stereocenters. The minimum atomic E-state index is 0.0758. The van der Waals surface area contributed by atoms with E-state index in [4.69, 9.17) is 5.11 Å². The molecule has 1 aromatic heterocycles. The van der Waals surface area contributed by atoms with Gasteiger partial charge >= 0.3 is 0 Å². The van der Waals surface area contributed by atoms with Crippen LogP contribution in [0.15, 0.2) is 35.4 Å². The van der Waals surface area contributed by atoms with Crippen molar-refractivity contribution in [1.82, 2.24) is 15.0 Å². The minimum Gasteiger partial charge on any atom is -0.394 e. The van der Waals surface area contributed by atoms with E-state index in [-0.39, 0.29) is 6.61 Å². The number of benzene rings is 1. The largest absolute Gasteiger partial charge is 0.394 e. The van der Waals surface area contributed by atoms with E-state index in [1.807, 2.05) is 18.3 Å². The van der Waals surface area contributed by atoms with Crippen LogP contribution in [0.25, 0.3) is 0 Å². The first-order valence-electron chi connectivity index (χ1n) is 5.69. The number of aliphatic hydroxyl groups excluding tert-OH is 1. The highest BCUT2D eigenvalue weighted by Crippen LogP contribution is 2.17. The number of aliphatic hydroxyl groups is 1. The molecule has 0 saturated carbocycles. The number of anilines is 1. The van der Waals surface area contributed by atoms with Crippen molar-refractivity contribution >= 4 is 17.4 Å². The van der Waals surface area contributed by atoms with Crippen molar-refractivity contribution in [1.29, 1.82) is 0 Å². The maximum atomic E-state index is 8.78. The Morgan fingerprint density at radius 3 is 2.78 bits per heavy atom. The maximum absolute atomic E-state index is 8.78. The lowest BCUT2D eigenvalue weighted by Crippen LogP contribution is -2.02. The molecule has 0 radical (unpaired) electrons. The molecule has 0 bridgehead atoms. The van der Waals surface area contributed by atoms with Crippen LogP contribution in [0.1, 0.15) is 5.69 Å². The lowest BCUT2D eigenvalue weighted by atomic mass is 10.3. The third-order valence-electron chi connectivity index (χ3n) is 2.48. The summed E-state index contributed by atoms with van der Waals surface area (Å²) in [4.78, 5) is 1.24. The van der Waals surface area contributed by atoms with E-state index in [1.54, 1.807) is 16.4 Å². The quantitative estimate of drug-likeness (QED) is 0.776. The molecule has 0 saturated heterocycles. The molecule has 2 aromatic rings. The molecule has 1 aromatic carbocycles. The van der Waals surface area contributed by atoms with Gasteiger partial charge in [-0.2, -0.15) is 0 Å². The Labute approximate surface area is 110 Å². The molecule has 5 nitrogen and oxygen atoms in total. The van der Waals surface area contributed by atoms with E-state index in [0.717, 1.165) is 11.4 Å². The van der Waals surface area contributed by atoms with Gasteiger partial charge in [-0.3, -0.25) is 0 Å². The van der Waals surface area contributed by atoms with Gasteiger partial charge in [0, 0.05) is 10.6 Å². The number of rotatable bonds is 6. The minimum absolute atomic E-state index is 0.0758. The van der Waals surface area contributed by atoms with Gasteiger partial charge in [-0.05, 0) is 30.5 Å². The molecule has 1 heterocycles. The molecule has 0 spiro atoms. The van der Waals surface area contributed by atoms with Crippen molar-refractivity contribution in [3.63, 3.8) is 0 Å². The molecule has 2 N–H and O–H groups in total. The number of nitrogens with one attached hydrogen (secondary N) is 1. The normalized spacial score (nSPS) is 10.6. The maximum Gasteiger partial charge on any atom is 0.102 e. The Hall–Kier alpha value is -1.53. The Bertz CT molecular complexity index is 483. The van der Waals surface area contributed by atoms with Crippen LogP contribution in [0.4, 0.5) is 5.69 Å². The van der Waals surface area contributed by atoms with Crippen molar-refractivity contribution in [2.75, 3.05) is 18.2 Å². The summed E-state index contributed by atoms with van der Waals surface area (Å²) < 4.78 is 1.63. The average Bonchev–Trinajstić information content (AvgIpc) is 2.85. The summed E-state index contributed by atoms with van der Waals surface area (Å²) >= 11 is 1.72. The Morgan fingerprint density at radius 2 is 2.11 bits per heavy atom. The predicted molar refractivity (Wildman–Crippen MR) is 72.7 cm³/mol. The van der Waals surface area contributed by atoms with Crippen molar-refractivity contribution in [3.8, 4) is 0 Å². The van der Waals surface area contributed by atoms with E-state index in [2.05, 4.69) is 34.0 Å².